The lowest BCUT2D eigenvalue weighted by molar-refractivity contribution is -0.134. The fourth-order valence-corrected chi connectivity index (χ4v) is 9.70. The van der Waals surface area contributed by atoms with Gasteiger partial charge in [-0.05, 0) is 88.6 Å². The second kappa shape index (κ2) is 16.2. The first-order chi connectivity index (χ1) is 29.0. The number of amides is 3. The van der Waals surface area contributed by atoms with E-state index in [1.54, 1.807) is 16.9 Å². The van der Waals surface area contributed by atoms with Crippen LogP contribution in [0.2, 0.25) is 0 Å². The quantitative estimate of drug-likeness (QED) is 0.177. The number of fused-ring (bicyclic) bond motifs is 2. The Hall–Kier alpha value is -5.96. The van der Waals surface area contributed by atoms with Crippen LogP contribution >= 0.6 is 0 Å². The largest absolute Gasteiger partial charge is 0.371 e. The van der Waals surface area contributed by atoms with Gasteiger partial charge >= 0.3 is 0 Å². The maximum absolute atomic E-state index is 14.3. The number of aromatic nitrogens is 7. The van der Waals surface area contributed by atoms with Crippen LogP contribution in [0.25, 0.3) is 16.6 Å². The molecule has 7 heterocycles. The van der Waals surface area contributed by atoms with Gasteiger partial charge in [-0.1, -0.05) is 0 Å². The van der Waals surface area contributed by atoms with Gasteiger partial charge < -0.3 is 20.0 Å². The molecule has 4 aromatic heterocycles. The van der Waals surface area contributed by atoms with Crippen LogP contribution in [0.15, 0.2) is 42.9 Å². The molecule has 3 aliphatic heterocycles. The summed E-state index contributed by atoms with van der Waals surface area (Å²) in [5.41, 5.74) is 2.80. The van der Waals surface area contributed by atoms with E-state index < -0.39 is 23.9 Å². The highest BCUT2D eigenvalue weighted by molar-refractivity contribution is 6.08. The van der Waals surface area contributed by atoms with Crippen LogP contribution < -0.4 is 20.4 Å². The molecule has 0 bridgehead atoms. The number of piperidine rings is 2. The second-order valence-electron chi connectivity index (χ2n) is 16.9. The molecule has 3 amide bonds. The van der Waals surface area contributed by atoms with E-state index in [9.17, 15) is 28.4 Å². The van der Waals surface area contributed by atoms with E-state index in [1.165, 1.54) is 16.9 Å². The number of anilines is 3. The zero-order chi connectivity index (χ0) is 41.7. The zero-order valence-electron chi connectivity index (χ0n) is 33.8. The summed E-state index contributed by atoms with van der Waals surface area (Å²) in [6.45, 7) is 4.05. The number of hydrogen-bond donors (Lipinski definition) is 2. The van der Waals surface area contributed by atoms with E-state index in [4.69, 9.17) is 5.10 Å². The zero-order valence-corrected chi connectivity index (χ0v) is 33.8. The van der Waals surface area contributed by atoms with Crippen LogP contribution in [0.5, 0.6) is 0 Å². The van der Waals surface area contributed by atoms with Crippen molar-refractivity contribution in [1.82, 2.24) is 44.4 Å². The predicted molar refractivity (Wildman–Crippen MR) is 219 cm³/mol. The molecule has 1 unspecified atom stereocenters. The van der Waals surface area contributed by atoms with Gasteiger partial charge in [-0.2, -0.15) is 20.6 Å². The summed E-state index contributed by atoms with van der Waals surface area (Å²) in [4.78, 5) is 49.3. The van der Waals surface area contributed by atoms with E-state index in [1.807, 2.05) is 16.6 Å². The summed E-state index contributed by atoms with van der Waals surface area (Å²) >= 11 is 0. The van der Waals surface area contributed by atoms with Crippen LogP contribution in [0.4, 0.5) is 26.0 Å². The third-order valence-electron chi connectivity index (χ3n) is 13.1. The molecule has 16 nitrogen and oxygen atoms in total. The van der Waals surface area contributed by atoms with Gasteiger partial charge in [0.15, 0.2) is 11.3 Å². The number of rotatable bonds is 10. The number of alkyl halides is 2. The number of imide groups is 1. The standard InChI is InChI=1S/C42H49F2N13O3/c1-52(27-12-16-54(17-13-27)29-7-8-30-34(19-29)53(2)50-37(30)31-9-10-36(58)49-41(31)59)22-25-3-5-28(6-4-25)57-24-33(38(51-57)39(43)44)47-42(60)32-21-46-56-18-14-35(48-40(32)56)55-15-11-26(20-45)23-55/h7-8,14,18-19,21,24-28,31,39H,3-6,9-13,15-17,22-23H2,1-2H3,(H,47,60)(H,49,58,59)/t25?,26-,28?,31?/m1/s1. The molecule has 9 rings (SSSR count). The summed E-state index contributed by atoms with van der Waals surface area (Å²) in [5.74, 6) is -0.511. The molecule has 1 aliphatic carbocycles. The van der Waals surface area contributed by atoms with Crippen molar-refractivity contribution in [2.24, 2.45) is 18.9 Å². The van der Waals surface area contributed by atoms with E-state index in [-0.39, 0.29) is 35.0 Å². The maximum atomic E-state index is 14.3. The molecule has 0 radical (unpaired) electrons. The van der Waals surface area contributed by atoms with Crippen LogP contribution in [0.3, 0.4) is 0 Å². The summed E-state index contributed by atoms with van der Waals surface area (Å²) in [6, 6.07) is 10.8. The molecule has 314 valence electrons. The molecule has 0 spiro atoms. The fraction of sp³-hybridized carbons (Fsp3) is 0.524. The lowest BCUT2D eigenvalue weighted by atomic mass is 9.85. The number of halogens is 2. The monoisotopic (exact) mass is 821 g/mol. The van der Waals surface area contributed by atoms with Crippen molar-refractivity contribution in [3.05, 3.63) is 59.8 Å². The van der Waals surface area contributed by atoms with Crippen molar-refractivity contribution in [1.29, 1.82) is 5.26 Å². The highest BCUT2D eigenvalue weighted by atomic mass is 19.3. The van der Waals surface area contributed by atoms with Gasteiger partial charge in [0.25, 0.3) is 12.3 Å². The molecular formula is C42H49F2N13O3. The Labute approximate surface area is 345 Å². The third-order valence-corrected chi connectivity index (χ3v) is 13.1. The van der Waals surface area contributed by atoms with Crippen molar-refractivity contribution in [2.45, 2.75) is 82.2 Å². The predicted octanol–water partition coefficient (Wildman–Crippen LogP) is 5.20. The first-order valence-corrected chi connectivity index (χ1v) is 21.0. The number of aryl methyl sites for hydroxylation is 1. The lowest BCUT2D eigenvalue weighted by Gasteiger charge is -2.40. The van der Waals surface area contributed by atoms with Gasteiger partial charge in [0.1, 0.15) is 11.4 Å². The summed E-state index contributed by atoms with van der Waals surface area (Å²) in [5, 5.41) is 28.6. The van der Waals surface area contributed by atoms with Crippen LogP contribution in [-0.4, -0.2) is 103 Å². The number of nitrogens with zero attached hydrogens (tertiary/aromatic N) is 11. The third kappa shape index (κ3) is 7.66. The average molecular weight is 822 g/mol. The van der Waals surface area contributed by atoms with Crippen LogP contribution in [0.1, 0.15) is 97.9 Å². The molecule has 5 aromatic rings. The Morgan fingerprint density at radius 2 is 1.82 bits per heavy atom. The average Bonchev–Trinajstić information content (AvgIpc) is 4.06. The molecule has 18 heteroatoms. The minimum atomic E-state index is -2.87. The minimum Gasteiger partial charge on any atom is -0.371 e. The molecule has 2 atom stereocenters. The van der Waals surface area contributed by atoms with Crippen molar-refractivity contribution >= 4 is 51.5 Å². The topological polar surface area (TPSA) is 175 Å². The molecule has 60 heavy (non-hydrogen) atoms. The highest BCUT2D eigenvalue weighted by Crippen LogP contribution is 2.37. The fourth-order valence-electron chi connectivity index (χ4n) is 9.70. The Morgan fingerprint density at radius 1 is 1.03 bits per heavy atom. The maximum Gasteiger partial charge on any atom is 0.284 e. The number of hydrogen-bond acceptors (Lipinski definition) is 11. The van der Waals surface area contributed by atoms with E-state index in [2.05, 4.69) is 66.9 Å². The Kier molecular flexibility index (Phi) is 10.7. The van der Waals surface area contributed by atoms with Crippen molar-refractivity contribution in [2.75, 3.05) is 54.9 Å². The number of nitriles is 1. The Morgan fingerprint density at radius 3 is 2.55 bits per heavy atom. The van der Waals surface area contributed by atoms with Crippen molar-refractivity contribution in [3.8, 4) is 6.07 Å². The summed E-state index contributed by atoms with van der Waals surface area (Å²) in [7, 11) is 4.10. The van der Waals surface area contributed by atoms with E-state index in [0.29, 0.717) is 49.4 Å². The molecule has 4 fully saturated rings. The number of carbonyl (C=O) groups is 3. The van der Waals surface area contributed by atoms with Crippen molar-refractivity contribution in [3.63, 3.8) is 0 Å². The van der Waals surface area contributed by atoms with Gasteiger partial charge in [0.2, 0.25) is 11.8 Å². The van der Waals surface area contributed by atoms with Gasteiger partial charge in [0.05, 0.1) is 47.0 Å². The summed E-state index contributed by atoms with van der Waals surface area (Å²) < 4.78 is 33.5. The number of carbonyl (C=O) groups excluding carboxylic acids is 3. The Bertz CT molecular complexity index is 2470. The first kappa shape index (κ1) is 39.5. The Balaban J connectivity index is 0.780. The molecular weight excluding hydrogens is 773 g/mol. The summed E-state index contributed by atoms with van der Waals surface area (Å²) in [6.07, 6.45) is 8.84. The van der Waals surface area contributed by atoms with Gasteiger partial charge in [-0.3, -0.25) is 29.1 Å². The van der Waals surface area contributed by atoms with Crippen LogP contribution in [0, 0.1) is 23.2 Å². The molecule has 4 aliphatic rings. The normalized spacial score (nSPS) is 22.9. The highest BCUT2D eigenvalue weighted by Gasteiger charge is 2.33. The molecule has 1 saturated carbocycles. The number of benzene rings is 1. The SMILES string of the molecule is CN(CC1CCC(n2cc(NC(=O)c3cnn4ccc(N5CC[C@H](C#N)C5)nc34)c(C(F)F)n2)CC1)C1CCN(c2ccc3c(C4CCC(=O)NC4=O)nn(C)c3c2)CC1. The van der Waals surface area contributed by atoms with Gasteiger partial charge in [0, 0.05) is 75.7 Å². The molecule has 1 aromatic carbocycles. The molecule has 2 N–H and O–H groups in total. The van der Waals surface area contributed by atoms with Gasteiger partial charge in [-0.25, -0.2) is 18.3 Å². The van der Waals surface area contributed by atoms with Gasteiger partial charge in [-0.15, -0.1) is 0 Å². The first-order valence-electron chi connectivity index (χ1n) is 21.0. The minimum absolute atomic E-state index is 0.0210. The number of nitrogens with one attached hydrogen (secondary N) is 2. The second-order valence-corrected chi connectivity index (χ2v) is 16.9. The smallest absolute Gasteiger partial charge is 0.284 e. The lowest BCUT2D eigenvalue weighted by Crippen LogP contribution is -2.45. The van der Waals surface area contributed by atoms with E-state index in [0.717, 1.165) is 86.9 Å². The molecule has 3 saturated heterocycles. The van der Waals surface area contributed by atoms with Crippen molar-refractivity contribution < 1.29 is 23.2 Å². The van der Waals surface area contributed by atoms with E-state index >= 15 is 0 Å². The van der Waals surface area contributed by atoms with Crippen LogP contribution in [-0.2, 0) is 16.6 Å².